The lowest BCUT2D eigenvalue weighted by atomic mass is 10.2. The molecule has 0 aliphatic rings. The van der Waals surface area contributed by atoms with Crippen molar-refractivity contribution >= 4 is 0 Å². The van der Waals surface area contributed by atoms with Gasteiger partial charge < -0.3 is 10.3 Å². The molecule has 2 aromatic heterocycles. The second-order valence-electron chi connectivity index (χ2n) is 2.97. The van der Waals surface area contributed by atoms with Crippen molar-refractivity contribution < 1.29 is 0 Å². The van der Waals surface area contributed by atoms with Crippen LogP contribution in [-0.2, 0) is 6.54 Å². The fourth-order valence-corrected chi connectivity index (χ4v) is 1.39. The average Bonchev–Trinajstić information content (AvgIpc) is 2.68. The van der Waals surface area contributed by atoms with Crippen molar-refractivity contribution in [1.29, 1.82) is 0 Å². The van der Waals surface area contributed by atoms with Crippen LogP contribution in [0, 0.1) is 0 Å². The second-order valence-corrected chi connectivity index (χ2v) is 2.97. The van der Waals surface area contributed by atoms with Gasteiger partial charge in [0.05, 0.1) is 0 Å². The van der Waals surface area contributed by atoms with E-state index in [9.17, 15) is 0 Å². The number of hydrogen-bond donors (Lipinski definition) is 1. The van der Waals surface area contributed by atoms with Gasteiger partial charge in [0.15, 0.2) is 0 Å². The van der Waals surface area contributed by atoms with Gasteiger partial charge in [0.2, 0.25) is 0 Å². The van der Waals surface area contributed by atoms with Gasteiger partial charge in [-0.1, -0.05) is 0 Å². The van der Waals surface area contributed by atoms with E-state index >= 15 is 0 Å². The first kappa shape index (κ1) is 8.90. The highest BCUT2D eigenvalue weighted by molar-refractivity contribution is 5.54. The third-order valence-corrected chi connectivity index (χ3v) is 2.02. The topological polar surface area (TPSA) is 56.7 Å². The molecule has 0 aliphatic heterocycles. The van der Waals surface area contributed by atoms with Gasteiger partial charge in [0.25, 0.3) is 0 Å². The third kappa shape index (κ3) is 1.65. The number of imidazole rings is 1. The maximum atomic E-state index is 5.51. The fraction of sp³-hybridized carbons (Fsp3) is 0.200. The highest BCUT2D eigenvalue weighted by atomic mass is 15.1. The first-order chi connectivity index (χ1) is 6.92. The Kier molecular flexibility index (Phi) is 2.55. The molecule has 4 nitrogen and oxygen atoms in total. The van der Waals surface area contributed by atoms with Crippen LogP contribution in [-0.4, -0.2) is 21.1 Å². The summed E-state index contributed by atoms with van der Waals surface area (Å²) in [7, 11) is 0. The molecule has 72 valence electrons. The number of nitrogens with zero attached hydrogens (tertiary/aromatic N) is 3. The van der Waals surface area contributed by atoms with Crippen LogP contribution >= 0.6 is 0 Å². The van der Waals surface area contributed by atoms with Gasteiger partial charge in [-0.2, -0.15) is 0 Å². The minimum Gasteiger partial charge on any atom is -0.330 e. The van der Waals surface area contributed by atoms with Crippen molar-refractivity contribution in [2.45, 2.75) is 6.54 Å². The van der Waals surface area contributed by atoms with Gasteiger partial charge in [-0.05, 0) is 12.1 Å². The lowest BCUT2D eigenvalue weighted by Gasteiger charge is -2.05. The van der Waals surface area contributed by atoms with Gasteiger partial charge >= 0.3 is 0 Å². The van der Waals surface area contributed by atoms with E-state index in [1.807, 2.05) is 22.9 Å². The van der Waals surface area contributed by atoms with Gasteiger partial charge in [-0.25, -0.2) is 4.98 Å². The molecule has 0 amide bonds. The van der Waals surface area contributed by atoms with Crippen LogP contribution in [0.25, 0.3) is 11.4 Å². The number of pyridine rings is 1. The van der Waals surface area contributed by atoms with E-state index < -0.39 is 0 Å². The zero-order valence-electron chi connectivity index (χ0n) is 7.80. The molecule has 0 fully saturated rings. The van der Waals surface area contributed by atoms with Gasteiger partial charge in [-0.15, -0.1) is 0 Å². The molecule has 0 bridgehead atoms. The zero-order valence-corrected chi connectivity index (χ0v) is 7.80. The molecule has 0 aromatic carbocycles. The fourth-order valence-electron chi connectivity index (χ4n) is 1.39. The first-order valence-electron chi connectivity index (χ1n) is 4.53. The predicted molar refractivity (Wildman–Crippen MR) is 54.5 cm³/mol. The normalized spacial score (nSPS) is 10.4. The van der Waals surface area contributed by atoms with Crippen LogP contribution in [0.2, 0.25) is 0 Å². The summed E-state index contributed by atoms with van der Waals surface area (Å²) in [5.74, 6) is 0.942. The SMILES string of the molecule is NCCn1ccnc1-c1ccncc1. The lowest BCUT2D eigenvalue weighted by molar-refractivity contribution is 0.715. The molecule has 0 aliphatic carbocycles. The van der Waals surface area contributed by atoms with E-state index in [1.54, 1.807) is 18.6 Å². The van der Waals surface area contributed by atoms with Crippen LogP contribution in [0.4, 0.5) is 0 Å². The minimum absolute atomic E-state index is 0.619. The summed E-state index contributed by atoms with van der Waals surface area (Å²) in [5, 5.41) is 0. The largest absolute Gasteiger partial charge is 0.330 e. The molecule has 0 saturated heterocycles. The molecule has 2 N–H and O–H groups in total. The average molecular weight is 188 g/mol. The smallest absolute Gasteiger partial charge is 0.140 e. The highest BCUT2D eigenvalue weighted by Gasteiger charge is 2.03. The molecule has 4 heteroatoms. The van der Waals surface area contributed by atoms with Gasteiger partial charge in [-0.3, -0.25) is 4.98 Å². The summed E-state index contributed by atoms with van der Waals surface area (Å²) in [6.45, 7) is 1.41. The first-order valence-corrected chi connectivity index (χ1v) is 4.53. The van der Waals surface area contributed by atoms with E-state index in [0.717, 1.165) is 17.9 Å². The Morgan fingerprint density at radius 3 is 2.71 bits per heavy atom. The number of rotatable bonds is 3. The summed E-state index contributed by atoms with van der Waals surface area (Å²) in [5.41, 5.74) is 6.57. The maximum Gasteiger partial charge on any atom is 0.140 e. The standard InChI is InChI=1S/C10H12N4/c11-3-7-14-8-6-13-10(14)9-1-4-12-5-2-9/h1-2,4-6,8H,3,7,11H2. The summed E-state index contributed by atoms with van der Waals surface area (Å²) in [4.78, 5) is 8.25. The quantitative estimate of drug-likeness (QED) is 0.778. The molecular formula is C10H12N4. The molecular weight excluding hydrogens is 176 g/mol. The van der Waals surface area contributed by atoms with Gasteiger partial charge in [0, 0.05) is 43.4 Å². The Balaban J connectivity index is 2.37. The minimum atomic E-state index is 0.619. The van der Waals surface area contributed by atoms with E-state index in [2.05, 4.69) is 9.97 Å². The highest BCUT2D eigenvalue weighted by Crippen LogP contribution is 2.15. The second kappa shape index (κ2) is 4.02. The van der Waals surface area contributed by atoms with E-state index in [1.165, 1.54) is 0 Å². The Labute approximate surface area is 82.4 Å². The molecule has 2 aromatic rings. The lowest BCUT2D eigenvalue weighted by Crippen LogP contribution is -2.10. The maximum absolute atomic E-state index is 5.51. The number of nitrogens with two attached hydrogens (primary N) is 1. The van der Waals surface area contributed by atoms with Crippen molar-refractivity contribution in [3.8, 4) is 11.4 Å². The molecule has 14 heavy (non-hydrogen) atoms. The Morgan fingerprint density at radius 2 is 2.00 bits per heavy atom. The van der Waals surface area contributed by atoms with Crippen molar-refractivity contribution in [1.82, 2.24) is 14.5 Å². The van der Waals surface area contributed by atoms with E-state index in [0.29, 0.717) is 6.54 Å². The Morgan fingerprint density at radius 1 is 1.21 bits per heavy atom. The molecule has 0 spiro atoms. The summed E-state index contributed by atoms with van der Waals surface area (Å²) in [6.07, 6.45) is 7.24. The van der Waals surface area contributed by atoms with E-state index in [-0.39, 0.29) is 0 Å². The molecule has 0 atom stereocenters. The predicted octanol–water partition coefficient (Wildman–Crippen LogP) is 0.904. The molecule has 2 heterocycles. The summed E-state index contributed by atoms with van der Waals surface area (Å²) >= 11 is 0. The zero-order chi connectivity index (χ0) is 9.80. The summed E-state index contributed by atoms with van der Waals surface area (Å²) in [6, 6.07) is 3.88. The van der Waals surface area contributed by atoms with Crippen LogP contribution in [0.5, 0.6) is 0 Å². The van der Waals surface area contributed by atoms with Crippen LogP contribution < -0.4 is 5.73 Å². The van der Waals surface area contributed by atoms with Crippen LogP contribution in [0.3, 0.4) is 0 Å². The molecule has 0 radical (unpaired) electrons. The molecule has 0 unspecified atom stereocenters. The van der Waals surface area contributed by atoms with Gasteiger partial charge in [0.1, 0.15) is 5.82 Å². The van der Waals surface area contributed by atoms with Crippen molar-refractivity contribution in [2.75, 3.05) is 6.54 Å². The third-order valence-electron chi connectivity index (χ3n) is 2.02. The van der Waals surface area contributed by atoms with Crippen LogP contribution in [0.15, 0.2) is 36.9 Å². The summed E-state index contributed by atoms with van der Waals surface area (Å²) < 4.78 is 2.04. The Bertz CT molecular complexity index is 394. The number of aromatic nitrogens is 3. The molecule has 2 rings (SSSR count). The van der Waals surface area contributed by atoms with E-state index in [4.69, 9.17) is 5.73 Å². The van der Waals surface area contributed by atoms with Crippen LogP contribution in [0.1, 0.15) is 0 Å². The molecule has 0 saturated carbocycles. The van der Waals surface area contributed by atoms with Crippen molar-refractivity contribution in [3.05, 3.63) is 36.9 Å². The van der Waals surface area contributed by atoms with Crippen molar-refractivity contribution in [2.24, 2.45) is 5.73 Å². The monoisotopic (exact) mass is 188 g/mol. The van der Waals surface area contributed by atoms with Crippen molar-refractivity contribution in [3.63, 3.8) is 0 Å². The Hall–Kier alpha value is -1.68. The number of hydrogen-bond acceptors (Lipinski definition) is 3.